The second-order valence-corrected chi connectivity index (χ2v) is 7.98. The van der Waals surface area contributed by atoms with E-state index in [1.165, 1.54) is 11.2 Å². The van der Waals surface area contributed by atoms with Gasteiger partial charge < -0.3 is 10.2 Å². The van der Waals surface area contributed by atoms with Gasteiger partial charge in [-0.2, -0.15) is 14.4 Å². The summed E-state index contributed by atoms with van der Waals surface area (Å²) in [5, 5.41) is 8.33. The van der Waals surface area contributed by atoms with E-state index in [0.29, 0.717) is 25.4 Å². The van der Waals surface area contributed by atoms with Gasteiger partial charge in [-0.15, -0.1) is 4.28 Å². The predicted molar refractivity (Wildman–Crippen MR) is 96.6 cm³/mol. The zero-order valence-electron chi connectivity index (χ0n) is 15.5. The molecule has 1 aromatic rings. The molecular formula is C15H23N7O6S. The third-order valence-corrected chi connectivity index (χ3v) is 5.74. The SMILES string of the molecule is O=C(NOC[C@@H]1C[C@@H](Cn2cncn2)CN1)C1CCC2CN1C(=O)N2OS(=O)O. The molecule has 4 heterocycles. The van der Waals surface area contributed by atoms with E-state index in [9.17, 15) is 13.8 Å². The Morgan fingerprint density at radius 2 is 2.31 bits per heavy atom. The van der Waals surface area contributed by atoms with Crippen molar-refractivity contribution in [2.75, 3.05) is 19.7 Å². The fraction of sp³-hybridized carbons (Fsp3) is 0.733. The Balaban J connectivity index is 1.20. The molecule has 0 aromatic carbocycles. The minimum absolute atomic E-state index is 0.108. The summed E-state index contributed by atoms with van der Waals surface area (Å²) in [5.41, 5.74) is 2.43. The zero-order chi connectivity index (χ0) is 20.4. The molecule has 13 nitrogen and oxygen atoms in total. The van der Waals surface area contributed by atoms with Crippen molar-refractivity contribution in [2.45, 2.75) is 43.9 Å². The van der Waals surface area contributed by atoms with Gasteiger partial charge in [-0.05, 0) is 25.2 Å². The van der Waals surface area contributed by atoms with E-state index in [1.54, 1.807) is 11.0 Å². The zero-order valence-corrected chi connectivity index (χ0v) is 16.4. The Labute approximate surface area is 169 Å². The van der Waals surface area contributed by atoms with Crippen molar-refractivity contribution in [3.8, 4) is 0 Å². The highest BCUT2D eigenvalue weighted by molar-refractivity contribution is 7.74. The Morgan fingerprint density at radius 3 is 3.07 bits per heavy atom. The van der Waals surface area contributed by atoms with Gasteiger partial charge in [0.1, 0.15) is 18.7 Å². The summed E-state index contributed by atoms with van der Waals surface area (Å²) >= 11 is -2.59. The fourth-order valence-corrected chi connectivity index (χ4v) is 4.44. The molecule has 3 aliphatic rings. The maximum atomic E-state index is 12.5. The first-order valence-electron chi connectivity index (χ1n) is 9.38. The van der Waals surface area contributed by atoms with Crippen LogP contribution >= 0.6 is 0 Å². The summed E-state index contributed by atoms with van der Waals surface area (Å²) in [6.45, 7) is 2.17. The molecule has 3 fully saturated rings. The average molecular weight is 429 g/mol. The molecule has 160 valence electrons. The van der Waals surface area contributed by atoms with Crippen molar-refractivity contribution in [3.05, 3.63) is 12.7 Å². The van der Waals surface area contributed by atoms with Crippen LogP contribution in [0.15, 0.2) is 12.7 Å². The molecule has 3 unspecified atom stereocenters. The Kier molecular flexibility index (Phi) is 6.05. The number of hydrogen-bond donors (Lipinski definition) is 3. The number of piperidine rings is 1. The number of nitrogens with zero attached hydrogens (tertiary/aromatic N) is 5. The van der Waals surface area contributed by atoms with Crippen molar-refractivity contribution in [3.63, 3.8) is 0 Å². The number of carbonyl (C=O) groups excluding carboxylic acids is 2. The summed E-state index contributed by atoms with van der Waals surface area (Å²) in [5.74, 6) is -0.0116. The van der Waals surface area contributed by atoms with Crippen LogP contribution in [-0.4, -0.2) is 83.2 Å². The largest absolute Gasteiger partial charge is 0.346 e. The predicted octanol–water partition coefficient (Wildman–Crippen LogP) is -1.36. The van der Waals surface area contributed by atoms with Gasteiger partial charge in [0.05, 0.1) is 12.6 Å². The normalized spacial score (nSPS) is 30.0. The summed E-state index contributed by atoms with van der Waals surface area (Å²) in [6.07, 6.45) is 4.99. The summed E-state index contributed by atoms with van der Waals surface area (Å²) < 4.78 is 26.1. The molecule has 5 atom stereocenters. The Hall–Kier alpha value is -2.13. The Morgan fingerprint density at radius 1 is 1.45 bits per heavy atom. The van der Waals surface area contributed by atoms with Gasteiger partial charge in [0.15, 0.2) is 0 Å². The van der Waals surface area contributed by atoms with Crippen LogP contribution in [0.1, 0.15) is 19.3 Å². The van der Waals surface area contributed by atoms with Crippen molar-refractivity contribution >= 4 is 23.3 Å². The Bertz CT molecular complexity index is 764. The lowest BCUT2D eigenvalue weighted by Crippen LogP contribution is -2.50. The van der Waals surface area contributed by atoms with Gasteiger partial charge in [-0.25, -0.2) is 15.3 Å². The first kappa shape index (κ1) is 20.2. The van der Waals surface area contributed by atoms with Crippen LogP contribution in [0, 0.1) is 5.92 Å². The number of rotatable bonds is 8. The standard InChI is InChI=1S/C15H23N7O6S/c23-14(13-2-1-12-6-21(13)15(24)22(12)28-29(25)26)19-27-7-11-3-10(4-17-11)5-20-9-16-8-18-20/h8-13,17H,1-7H2,(H,19,23)(H,25,26)/t10-,11+,12?,13?/m1/s1. The number of fused-ring (bicyclic) bond motifs is 2. The average Bonchev–Trinajstić information content (AvgIpc) is 3.41. The first-order valence-corrected chi connectivity index (χ1v) is 10.4. The smallest absolute Gasteiger partial charge is 0.311 e. The van der Waals surface area contributed by atoms with Crippen molar-refractivity contribution in [1.82, 2.24) is 35.5 Å². The quantitative estimate of drug-likeness (QED) is 0.336. The third-order valence-electron chi connectivity index (χ3n) is 5.45. The molecule has 4 rings (SSSR count). The van der Waals surface area contributed by atoms with Gasteiger partial charge in [0.2, 0.25) is 0 Å². The molecule has 2 bridgehead atoms. The van der Waals surface area contributed by atoms with Crippen LogP contribution < -0.4 is 10.8 Å². The monoisotopic (exact) mass is 429 g/mol. The molecule has 0 radical (unpaired) electrons. The van der Waals surface area contributed by atoms with Gasteiger partial charge in [-0.1, -0.05) is 0 Å². The van der Waals surface area contributed by atoms with E-state index < -0.39 is 29.3 Å². The minimum Gasteiger partial charge on any atom is -0.311 e. The minimum atomic E-state index is -2.59. The molecule has 3 saturated heterocycles. The van der Waals surface area contributed by atoms with Crippen LogP contribution in [-0.2, 0) is 31.8 Å². The molecule has 3 N–H and O–H groups in total. The number of amides is 3. The number of hydroxylamine groups is 3. The lowest BCUT2D eigenvalue weighted by molar-refractivity contribution is -0.139. The second-order valence-electron chi connectivity index (χ2n) is 7.40. The summed E-state index contributed by atoms with van der Waals surface area (Å²) in [7, 11) is 0. The van der Waals surface area contributed by atoms with Crippen LogP contribution in [0.3, 0.4) is 0 Å². The third kappa shape index (κ3) is 4.56. The number of carbonyl (C=O) groups is 2. The molecule has 0 aliphatic carbocycles. The molecule has 0 saturated carbocycles. The topological polar surface area (TPSA) is 151 Å². The van der Waals surface area contributed by atoms with Gasteiger partial charge in [0.25, 0.3) is 5.91 Å². The van der Waals surface area contributed by atoms with E-state index in [2.05, 4.69) is 25.2 Å². The number of urea groups is 1. The fourth-order valence-electron chi connectivity index (χ4n) is 4.11. The number of hydrogen-bond acceptors (Lipinski definition) is 8. The number of nitrogens with one attached hydrogen (secondary N) is 2. The lowest BCUT2D eigenvalue weighted by Gasteiger charge is -2.29. The lowest BCUT2D eigenvalue weighted by atomic mass is 10.0. The van der Waals surface area contributed by atoms with Gasteiger partial charge in [0, 0.05) is 25.7 Å². The van der Waals surface area contributed by atoms with Crippen molar-refractivity contribution < 1.29 is 27.5 Å². The van der Waals surface area contributed by atoms with Crippen LogP contribution in [0.5, 0.6) is 0 Å². The molecule has 0 spiro atoms. The van der Waals surface area contributed by atoms with E-state index in [0.717, 1.165) is 24.6 Å². The molecule has 14 heteroatoms. The first-order chi connectivity index (χ1) is 14.0. The molecular weight excluding hydrogens is 406 g/mol. The summed E-state index contributed by atoms with van der Waals surface area (Å²) in [4.78, 5) is 35.4. The van der Waals surface area contributed by atoms with E-state index in [1.807, 2.05) is 0 Å². The van der Waals surface area contributed by atoms with Gasteiger partial charge in [-0.3, -0.25) is 18.9 Å². The van der Waals surface area contributed by atoms with Crippen LogP contribution in [0.2, 0.25) is 0 Å². The summed E-state index contributed by atoms with van der Waals surface area (Å²) in [6, 6.07) is -1.52. The van der Waals surface area contributed by atoms with Crippen LogP contribution in [0.25, 0.3) is 0 Å². The molecule has 29 heavy (non-hydrogen) atoms. The molecule has 3 aliphatic heterocycles. The van der Waals surface area contributed by atoms with E-state index in [-0.39, 0.29) is 18.6 Å². The molecule has 3 amide bonds. The highest BCUT2D eigenvalue weighted by Gasteiger charge is 2.48. The maximum absolute atomic E-state index is 12.5. The van der Waals surface area contributed by atoms with E-state index in [4.69, 9.17) is 9.39 Å². The molecule has 1 aromatic heterocycles. The van der Waals surface area contributed by atoms with Gasteiger partial charge >= 0.3 is 17.4 Å². The van der Waals surface area contributed by atoms with E-state index >= 15 is 0 Å². The van der Waals surface area contributed by atoms with Crippen molar-refractivity contribution in [1.29, 1.82) is 0 Å². The number of aromatic nitrogens is 3. The van der Waals surface area contributed by atoms with Crippen molar-refractivity contribution in [2.24, 2.45) is 5.92 Å². The van der Waals surface area contributed by atoms with Crippen LogP contribution in [0.4, 0.5) is 4.79 Å². The maximum Gasteiger partial charge on any atom is 0.346 e. The second kappa shape index (κ2) is 8.71. The highest BCUT2D eigenvalue weighted by Crippen LogP contribution is 2.30. The highest BCUT2D eigenvalue weighted by atomic mass is 32.2.